The molecule has 0 heterocycles. The van der Waals surface area contributed by atoms with E-state index in [0.717, 1.165) is 12.1 Å². The number of nitro benzene ring substituents is 2. The van der Waals surface area contributed by atoms with E-state index >= 15 is 0 Å². The molecule has 1 rings (SSSR count). The molecule has 0 atom stereocenters. The first-order chi connectivity index (χ1) is 6.97. The van der Waals surface area contributed by atoms with Crippen molar-refractivity contribution in [3.8, 4) is 0 Å². The fraction of sp³-hybridized carbons (Fsp3) is 0. The van der Waals surface area contributed by atoms with Crippen LogP contribution in [-0.4, -0.2) is 9.85 Å². The first kappa shape index (κ1) is 10.7. The van der Waals surface area contributed by atoms with E-state index in [2.05, 4.69) is 0 Å². The van der Waals surface area contributed by atoms with Crippen molar-refractivity contribution in [2.75, 3.05) is 11.2 Å². The molecule has 5 N–H and O–H groups in total. The van der Waals surface area contributed by atoms with Crippen LogP contribution in [-0.2, 0) is 0 Å². The molecular weight excluding hydrogens is 206 g/mol. The molecule has 0 saturated carbocycles. The van der Waals surface area contributed by atoms with Gasteiger partial charge in [-0.25, -0.2) is 0 Å². The molecule has 0 aromatic heterocycles. The molecule has 0 spiro atoms. The monoisotopic (exact) mass is 213 g/mol. The van der Waals surface area contributed by atoms with E-state index in [1.165, 1.54) is 0 Å². The van der Waals surface area contributed by atoms with Gasteiger partial charge in [0.05, 0.1) is 15.9 Å². The SMILES string of the molecule is NNc1cc(N)c([N+](=O)[O-])cc1[N+](=O)[O-]. The van der Waals surface area contributed by atoms with Crippen molar-refractivity contribution in [1.29, 1.82) is 0 Å². The van der Waals surface area contributed by atoms with Crippen molar-refractivity contribution < 1.29 is 9.85 Å². The van der Waals surface area contributed by atoms with Crippen LogP contribution in [0.15, 0.2) is 12.1 Å². The second-order valence-electron chi connectivity index (χ2n) is 2.59. The Labute approximate surface area is 82.9 Å². The molecule has 0 aliphatic rings. The van der Waals surface area contributed by atoms with Gasteiger partial charge in [0.25, 0.3) is 5.69 Å². The van der Waals surface area contributed by atoms with Gasteiger partial charge in [-0.3, -0.25) is 26.1 Å². The third-order valence-corrected chi connectivity index (χ3v) is 1.69. The van der Waals surface area contributed by atoms with Gasteiger partial charge >= 0.3 is 5.69 Å². The quantitative estimate of drug-likeness (QED) is 0.284. The maximum Gasteiger partial charge on any atom is 0.300 e. The molecule has 9 nitrogen and oxygen atoms in total. The maximum absolute atomic E-state index is 10.5. The zero-order chi connectivity index (χ0) is 11.6. The summed E-state index contributed by atoms with van der Waals surface area (Å²) in [5.74, 6) is 5.00. The van der Waals surface area contributed by atoms with Gasteiger partial charge in [-0.1, -0.05) is 0 Å². The highest BCUT2D eigenvalue weighted by Gasteiger charge is 2.22. The molecule has 0 aliphatic heterocycles. The van der Waals surface area contributed by atoms with E-state index in [4.69, 9.17) is 11.6 Å². The molecule has 0 amide bonds. The highest BCUT2D eigenvalue weighted by atomic mass is 16.6. The second kappa shape index (κ2) is 3.75. The Hall–Kier alpha value is -2.42. The summed E-state index contributed by atoms with van der Waals surface area (Å²) in [4.78, 5) is 19.4. The lowest BCUT2D eigenvalue weighted by atomic mass is 10.2. The van der Waals surface area contributed by atoms with Crippen LogP contribution in [0.5, 0.6) is 0 Å². The summed E-state index contributed by atoms with van der Waals surface area (Å²) in [6.07, 6.45) is 0. The maximum atomic E-state index is 10.5. The predicted octanol–water partition coefficient (Wildman–Crippen LogP) is 0.371. The zero-order valence-electron chi connectivity index (χ0n) is 7.34. The number of benzene rings is 1. The minimum atomic E-state index is -0.803. The lowest BCUT2D eigenvalue weighted by Crippen LogP contribution is -2.10. The first-order valence-electron chi connectivity index (χ1n) is 3.66. The number of nitrogens with two attached hydrogens (primary N) is 2. The van der Waals surface area contributed by atoms with Crippen LogP contribution in [0.25, 0.3) is 0 Å². The number of anilines is 2. The van der Waals surface area contributed by atoms with Crippen molar-refractivity contribution in [3.63, 3.8) is 0 Å². The lowest BCUT2D eigenvalue weighted by molar-refractivity contribution is -0.393. The van der Waals surface area contributed by atoms with Crippen LogP contribution in [0, 0.1) is 20.2 Å². The number of rotatable bonds is 3. The van der Waals surface area contributed by atoms with Gasteiger partial charge in [-0.2, -0.15) is 0 Å². The van der Waals surface area contributed by atoms with Crippen molar-refractivity contribution in [2.24, 2.45) is 5.84 Å². The van der Waals surface area contributed by atoms with E-state index in [1.807, 2.05) is 5.43 Å². The van der Waals surface area contributed by atoms with Crippen molar-refractivity contribution in [3.05, 3.63) is 32.4 Å². The summed E-state index contributed by atoms with van der Waals surface area (Å²) < 4.78 is 0. The molecule has 1 aromatic rings. The van der Waals surface area contributed by atoms with Gasteiger partial charge in [-0.05, 0) is 6.07 Å². The summed E-state index contributed by atoms with van der Waals surface area (Å²) in [5.41, 5.74) is 6.04. The van der Waals surface area contributed by atoms with Crippen LogP contribution in [0.4, 0.5) is 22.7 Å². The third-order valence-electron chi connectivity index (χ3n) is 1.69. The van der Waals surface area contributed by atoms with Gasteiger partial charge in [0.2, 0.25) is 0 Å². The Bertz CT molecular complexity index is 432. The minimum Gasteiger partial charge on any atom is -0.393 e. The summed E-state index contributed by atoms with van der Waals surface area (Å²) >= 11 is 0. The summed E-state index contributed by atoms with van der Waals surface area (Å²) in [6, 6.07) is 1.79. The van der Waals surface area contributed by atoms with Crippen LogP contribution >= 0.6 is 0 Å². The number of nitrogen functional groups attached to an aromatic ring is 2. The Morgan fingerprint density at radius 3 is 2.07 bits per heavy atom. The average Bonchev–Trinajstić information content (AvgIpc) is 2.16. The summed E-state index contributed by atoms with van der Waals surface area (Å²) in [6.45, 7) is 0. The Morgan fingerprint density at radius 1 is 1.13 bits per heavy atom. The highest BCUT2D eigenvalue weighted by molar-refractivity contribution is 5.74. The van der Waals surface area contributed by atoms with Gasteiger partial charge in [0.1, 0.15) is 11.4 Å². The lowest BCUT2D eigenvalue weighted by Gasteiger charge is -2.03. The smallest absolute Gasteiger partial charge is 0.300 e. The summed E-state index contributed by atoms with van der Waals surface area (Å²) in [5, 5.41) is 21.0. The van der Waals surface area contributed by atoms with Gasteiger partial charge in [0.15, 0.2) is 0 Å². The normalized spacial score (nSPS) is 9.67. The Balaban J connectivity index is 3.43. The van der Waals surface area contributed by atoms with Gasteiger partial charge in [-0.15, -0.1) is 0 Å². The number of nitrogens with one attached hydrogen (secondary N) is 1. The molecule has 9 heteroatoms. The molecule has 0 saturated heterocycles. The second-order valence-corrected chi connectivity index (χ2v) is 2.59. The molecule has 80 valence electrons. The number of hydrogen-bond donors (Lipinski definition) is 3. The van der Waals surface area contributed by atoms with Crippen LogP contribution in [0.2, 0.25) is 0 Å². The molecule has 0 bridgehead atoms. The minimum absolute atomic E-state index is 0.0805. The van der Waals surface area contributed by atoms with E-state index in [1.54, 1.807) is 0 Å². The Morgan fingerprint density at radius 2 is 1.67 bits per heavy atom. The van der Waals surface area contributed by atoms with Crippen molar-refractivity contribution >= 4 is 22.7 Å². The number of nitro groups is 2. The van der Waals surface area contributed by atoms with Gasteiger partial charge < -0.3 is 11.2 Å². The molecular formula is C6H7N5O4. The molecule has 15 heavy (non-hydrogen) atoms. The van der Waals surface area contributed by atoms with Crippen LogP contribution < -0.4 is 17.0 Å². The van der Waals surface area contributed by atoms with Gasteiger partial charge in [0, 0.05) is 0 Å². The fourth-order valence-electron chi connectivity index (χ4n) is 1.02. The average molecular weight is 213 g/mol. The largest absolute Gasteiger partial charge is 0.393 e. The highest BCUT2D eigenvalue weighted by Crippen LogP contribution is 2.33. The number of nitrogens with zero attached hydrogens (tertiary/aromatic N) is 2. The van der Waals surface area contributed by atoms with Crippen LogP contribution in [0.3, 0.4) is 0 Å². The molecule has 1 aromatic carbocycles. The van der Waals surface area contributed by atoms with Crippen LogP contribution in [0.1, 0.15) is 0 Å². The van der Waals surface area contributed by atoms with E-state index < -0.39 is 21.2 Å². The van der Waals surface area contributed by atoms with Crippen molar-refractivity contribution in [2.45, 2.75) is 0 Å². The fourth-order valence-corrected chi connectivity index (χ4v) is 1.02. The predicted molar refractivity (Wildman–Crippen MR) is 52.0 cm³/mol. The number of hydrogen-bond acceptors (Lipinski definition) is 7. The molecule has 0 radical (unpaired) electrons. The number of hydrazine groups is 1. The zero-order valence-corrected chi connectivity index (χ0v) is 7.34. The molecule has 0 fully saturated rings. The standard InChI is InChI=1S/C6H7N5O4/c7-3-1-4(9-8)6(11(14)15)2-5(3)10(12)13/h1-2,9H,7-8H2. The first-order valence-corrected chi connectivity index (χ1v) is 3.66. The molecule has 0 unspecified atom stereocenters. The van der Waals surface area contributed by atoms with E-state index in [0.29, 0.717) is 0 Å². The third kappa shape index (κ3) is 1.91. The Kier molecular flexibility index (Phi) is 2.67. The van der Waals surface area contributed by atoms with Crippen molar-refractivity contribution in [1.82, 2.24) is 0 Å². The topological polar surface area (TPSA) is 150 Å². The van der Waals surface area contributed by atoms with E-state index in [-0.39, 0.29) is 11.4 Å². The van der Waals surface area contributed by atoms with E-state index in [9.17, 15) is 20.2 Å². The molecule has 0 aliphatic carbocycles. The summed E-state index contributed by atoms with van der Waals surface area (Å²) in [7, 11) is 0.